The first-order valence-electron chi connectivity index (χ1n) is 6.75. The standard InChI is InChI=1S/C15H17N3O3/c1-17-7-4-8-18(10-14(17)19)15(20)11-21-13-6-3-2-5-12(13)9-16/h2-3,5-6H,4,7-8,10-11H2,1H3. The molecule has 1 fully saturated rings. The topological polar surface area (TPSA) is 73.6 Å². The third-order valence-electron chi connectivity index (χ3n) is 3.38. The Kier molecular flexibility index (Phi) is 4.77. The molecular weight excluding hydrogens is 270 g/mol. The maximum atomic E-state index is 12.1. The molecule has 2 rings (SSSR count). The van der Waals surface area contributed by atoms with Crippen LogP contribution >= 0.6 is 0 Å². The predicted octanol–water partition coefficient (Wildman–Crippen LogP) is 0.628. The summed E-state index contributed by atoms with van der Waals surface area (Å²) in [5.74, 6) is 0.0660. The third-order valence-corrected chi connectivity index (χ3v) is 3.38. The van der Waals surface area contributed by atoms with Crippen LogP contribution in [0.25, 0.3) is 0 Å². The summed E-state index contributed by atoms with van der Waals surface area (Å²) < 4.78 is 5.41. The van der Waals surface area contributed by atoms with E-state index in [2.05, 4.69) is 0 Å². The number of nitriles is 1. The van der Waals surface area contributed by atoms with Gasteiger partial charge in [0.1, 0.15) is 11.8 Å². The summed E-state index contributed by atoms with van der Waals surface area (Å²) >= 11 is 0. The lowest BCUT2D eigenvalue weighted by molar-refractivity contribution is -0.139. The summed E-state index contributed by atoms with van der Waals surface area (Å²) in [4.78, 5) is 27.0. The van der Waals surface area contributed by atoms with Crippen LogP contribution in [0, 0.1) is 11.3 Å². The van der Waals surface area contributed by atoms with Gasteiger partial charge in [0, 0.05) is 20.1 Å². The Labute approximate surface area is 123 Å². The number of likely N-dealkylation sites (N-methyl/N-ethyl adjacent to an activating group) is 1. The second-order valence-corrected chi connectivity index (χ2v) is 4.88. The lowest BCUT2D eigenvalue weighted by Gasteiger charge is -2.20. The first-order chi connectivity index (χ1) is 10.1. The molecule has 6 nitrogen and oxygen atoms in total. The van der Waals surface area contributed by atoms with Crippen LogP contribution in [0.3, 0.4) is 0 Å². The smallest absolute Gasteiger partial charge is 0.260 e. The van der Waals surface area contributed by atoms with E-state index in [0.29, 0.717) is 24.4 Å². The quantitative estimate of drug-likeness (QED) is 0.817. The molecule has 110 valence electrons. The van der Waals surface area contributed by atoms with Crippen LogP contribution < -0.4 is 4.74 Å². The Morgan fingerprint density at radius 2 is 2.14 bits per heavy atom. The van der Waals surface area contributed by atoms with Crippen molar-refractivity contribution in [1.29, 1.82) is 5.26 Å². The molecular formula is C15H17N3O3. The number of benzene rings is 1. The highest BCUT2D eigenvalue weighted by Crippen LogP contribution is 2.16. The van der Waals surface area contributed by atoms with Gasteiger partial charge in [0.25, 0.3) is 5.91 Å². The number of carbonyl (C=O) groups is 2. The monoisotopic (exact) mass is 287 g/mol. The zero-order valence-corrected chi connectivity index (χ0v) is 11.9. The van der Waals surface area contributed by atoms with Crippen molar-refractivity contribution in [2.45, 2.75) is 6.42 Å². The van der Waals surface area contributed by atoms with Crippen molar-refractivity contribution in [3.8, 4) is 11.8 Å². The van der Waals surface area contributed by atoms with E-state index < -0.39 is 0 Å². The zero-order chi connectivity index (χ0) is 15.2. The SMILES string of the molecule is CN1CCCN(C(=O)COc2ccccc2C#N)CC1=O. The lowest BCUT2D eigenvalue weighted by Crippen LogP contribution is -2.40. The van der Waals surface area contributed by atoms with Crippen LogP contribution in [0.15, 0.2) is 24.3 Å². The highest BCUT2D eigenvalue weighted by atomic mass is 16.5. The summed E-state index contributed by atoms with van der Waals surface area (Å²) in [7, 11) is 1.73. The molecule has 21 heavy (non-hydrogen) atoms. The van der Waals surface area contributed by atoms with Crippen molar-refractivity contribution in [3.05, 3.63) is 29.8 Å². The van der Waals surface area contributed by atoms with E-state index in [-0.39, 0.29) is 25.0 Å². The average molecular weight is 287 g/mol. The summed E-state index contributed by atoms with van der Waals surface area (Å²) in [5.41, 5.74) is 0.386. The highest BCUT2D eigenvalue weighted by molar-refractivity contribution is 5.85. The molecule has 6 heteroatoms. The number of rotatable bonds is 3. The van der Waals surface area contributed by atoms with Gasteiger partial charge in [-0.2, -0.15) is 5.26 Å². The molecule has 0 aliphatic carbocycles. The van der Waals surface area contributed by atoms with Gasteiger partial charge in [-0.05, 0) is 18.6 Å². The molecule has 0 spiro atoms. The molecule has 0 aromatic heterocycles. The van der Waals surface area contributed by atoms with E-state index in [9.17, 15) is 9.59 Å². The van der Waals surface area contributed by atoms with Crippen molar-refractivity contribution in [2.75, 3.05) is 33.3 Å². The number of hydrogen-bond donors (Lipinski definition) is 0. The lowest BCUT2D eigenvalue weighted by atomic mass is 10.2. The van der Waals surface area contributed by atoms with Crippen molar-refractivity contribution in [1.82, 2.24) is 9.80 Å². The molecule has 1 saturated heterocycles. The van der Waals surface area contributed by atoms with Gasteiger partial charge in [-0.1, -0.05) is 12.1 Å². The molecule has 0 N–H and O–H groups in total. The van der Waals surface area contributed by atoms with Crippen LogP contribution in [-0.4, -0.2) is 54.9 Å². The minimum absolute atomic E-state index is 0.0710. The van der Waals surface area contributed by atoms with E-state index in [1.54, 1.807) is 36.2 Å². The minimum Gasteiger partial charge on any atom is -0.482 e. The Bertz CT molecular complexity index is 580. The first-order valence-corrected chi connectivity index (χ1v) is 6.75. The summed E-state index contributed by atoms with van der Waals surface area (Å²) in [6.45, 7) is 1.10. The molecule has 0 saturated carbocycles. The second kappa shape index (κ2) is 6.75. The highest BCUT2D eigenvalue weighted by Gasteiger charge is 2.23. The third kappa shape index (κ3) is 3.72. The number of para-hydroxylation sites is 1. The molecule has 0 radical (unpaired) electrons. The van der Waals surface area contributed by atoms with Crippen LogP contribution in [0.5, 0.6) is 5.75 Å². The summed E-state index contributed by atoms with van der Waals surface area (Å²) in [5, 5.41) is 8.96. The number of carbonyl (C=O) groups excluding carboxylic acids is 2. The molecule has 1 aromatic rings. The fourth-order valence-electron chi connectivity index (χ4n) is 2.12. The largest absolute Gasteiger partial charge is 0.482 e. The van der Waals surface area contributed by atoms with Gasteiger partial charge in [0.15, 0.2) is 6.61 Å². The van der Waals surface area contributed by atoms with Crippen molar-refractivity contribution in [2.24, 2.45) is 0 Å². The Hall–Kier alpha value is -2.55. The maximum Gasteiger partial charge on any atom is 0.260 e. The zero-order valence-electron chi connectivity index (χ0n) is 11.9. The van der Waals surface area contributed by atoms with Crippen molar-refractivity contribution < 1.29 is 14.3 Å². The Morgan fingerprint density at radius 1 is 1.38 bits per heavy atom. The van der Waals surface area contributed by atoms with Crippen molar-refractivity contribution in [3.63, 3.8) is 0 Å². The van der Waals surface area contributed by atoms with Crippen LogP contribution in [0.1, 0.15) is 12.0 Å². The summed E-state index contributed by atoms with van der Waals surface area (Å²) in [6, 6.07) is 8.76. The van der Waals surface area contributed by atoms with Crippen molar-refractivity contribution >= 4 is 11.8 Å². The normalized spacial score (nSPS) is 15.3. The molecule has 1 aromatic carbocycles. The van der Waals surface area contributed by atoms with Gasteiger partial charge in [0.2, 0.25) is 5.91 Å². The van der Waals surface area contributed by atoms with Crippen LogP contribution in [-0.2, 0) is 9.59 Å². The van der Waals surface area contributed by atoms with Gasteiger partial charge < -0.3 is 14.5 Å². The minimum atomic E-state index is -0.244. The van der Waals surface area contributed by atoms with Crippen LogP contribution in [0.4, 0.5) is 0 Å². The number of amides is 2. The van der Waals surface area contributed by atoms with E-state index in [1.807, 2.05) is 6.07 Å². The van der Waals surface area contributed by atoms with Gasteiger partial charge in [-0.25, -0.2) is 0 Å². The molecule has 0 atom stereocenters. The van der Waals surface area contributed by atoms with E-state index >= 15 is 0 Å². The van der Waals surface area contributed by atoms with Gasteiger partial charge in [-0.3, -0.25) is 9.59 Å². The Morgan fingerprint density at radius 3 is 2.90 bits per heavy atom. The summed E-state index contributed by atoms with van der Waals surface area (Å²) in [6.07, 6.45) is 0.753. The predicted molar refractivity (Wildman–Crippen MR) is 75.5 cm³/mol. The first kappa shape index (κ1) is 14.9. The number of nitrogens with zero attached hydrogens (tertiary/aromatic N) is 3. The molecule has 1 heterocycles. The molecule has 0 bridgehead atoms. The molecule has 1 aliphatic rings. The average Bonchev–Trinajstić information content (AvgIpc) is 2.67. The number of hydrogen-bond acceptors (Lipinski definition) is 4. The second-order valence-electron chi connectivity index (χ2n) is 4.88. The maximum absolute atomic E-state index is 12.1. The van der Waals surface area contributed by atoms with Gasteiger partial charge in [-0.15, -0.1) is 0 Å². The van der Waals surface area contributed by atoms with Crippen LogP contribution in [0.2, 0.25) is 0 Å². The number of ether oxygens (including phenoxy) is 1. The Balaban J connectivity index is 1.95. The fourth-order valence-corrected chi connectivity index (χ4v) is 2.12. The van der Waals surface area contributed by atoms with E-state index in [4.69, 9.17) is 10.00 Å². The van der Waals surface area contributed by atoms with Gasteiger partial charge in [0.05, 0.1) is 12.1 Å². The van der Waals surface area contributed by atoms with E-state index in [0.717, 1.165) is 6.42 Å². The fraction of sp³-hybridized carbons (Fsp3) is 0.400. The molecule has 2 amide bonds. The molecule has 0 unspecified atom stereocenters. The van der Waals surface area contributed by atoms with E-state index in [1.165, 1.54) is 4.90 Å². The molecule has 1 aliphatic heterocycles. The van der Waals surface area contributed by atoms with Gasteiger partial charge >= 0.3 is 0 Å².